The van der Waals surface area contributed by atoms with Gasteiger partial charge in [0.05, 0.1) is 11.6 Å². The molecule has 1 rings (SSSR count). The highest BCUT2D eigenvalue weighted by Gasteiger charge is 2.08. The topological polar surface area (TPSA) is 52.9 Å². The third-order valence-electron chi connectivity index (χ3n) is 2.07. The Bertz CT molecular complexity index is 394. The van der Waals surface area contributed by atoms with E-state index in [0.29, 0.717) is 11.1 Å². The van der Waals surface area contributed by atoms with E-state index in [9.17, 15) is 4.79 Å². The van der Waals surface area contributed by atoms with Crippen LogP contribution in [0.4, 0.5) is 0 Å². The van der Waals surface area contributed by atoms with Crippen molar-refractivity contribution >= 4 is 17.7 Å². The summed E-state index contributed by atoms with van der Waals surface area (Å²) in [6.45, 7) is 1.97. The third kappa shape index (κ3) is 3.59. The first-order chi connectivity index (χ1) is 7.67. The lowest BCUT2D eigenvalue weighted by Crippen LogP contribution is -2.34. The van der Waals surface area contributed by atoms with E-state index in [1.54, 1.807) is 36.0 Å². The van der Waals surface area contributed by atoms with Crippen molar-refractivity contribution in [1.29, 1.82) is 5.26 Å². The number of hydrogen-bond acceptors (Lipinski definition) is 3. The molecule has 0 saturated heterocycles. The van der Waals surface area contributed by atoms with Gasteiger partial charge in [-0.3, -0.25) is 4.79 Å². The maximum absolute atomic E-state index is 11.7. The quantitative estimate of drug-likeness (QED) is 0.867. The second-order valence-electron chi connectivity index (χ2n) is 3.52. The van der Waals surface area contributed by atoms with Crippen molar-refractivity contribution in [3.8, 4) is 6.07 Å². The van der Waals surface area contributed by atoms with Gasteiger partial charge in [0, 0.05) is 17.4 Å². The Balaban J connectivity index is 2.63. The molecule has 16 heavy (non-hydrogen) atoms. The molecule has 0 bridgehead atoms. The first kappa shape index (κ1) is 12.6. The van der Waals surface area contributed by atoms with Gasteiger partial charge < -0.3 is 5.32 Å². The molecular formula is C12H14N2OS. The summed E-state index contributed by atoms with van der Waals surface area (Å²) in [5.41, 5.74) is 1.15. The fourth-order valence-corrected chi connectivity index (χ4v) is 1.88. The van der Waals surface area contributed by atoms with Gasteiger partial charge in [-0.05, 0) is 37.4 Å². The fraction of sp³-hybridized carbons (Fsp3) is 0.333. The van der Waals surface area contributed by atoms with Crippen LogP contribution in [0.3, 0.4) is 0 Å². The van der Waals surface area contributed by atoms with Gasteiger partial charge in [-0.15, -0.1) is 0 Å². The summed E-state index contributed by atoms with van der Waals surface area (Å²) in [4.78, 5) is 11.7. The van der Waals surface area contributed by atoms with Crippen molar-refractivity contribution in [3.05, 3.63) is 35.4 Å². The fourth-order valence-electron chi connectivity index (χ4n) is 1.29. The lowest BCUT2D eigenvalue weighted by molar-refractivity contribution is 0.0944. The van der Waals surface area contributed by atoms with Crippen molar-refractivity contribution < 1.29 is 4.79 Å². The van der Waals surface area contributed by atoms with Crippen molar-refractivity contribution in [1.82, 2.24) is 5.32 Å². The van der Waals surface area contributed by atoms with E-state index in [-0.39, 0.29) is 11.9 Å². The molecule has 0 aliphatic heterocycles. The number of hydrogen-bond donors (Lipinski definition) is 1. The lowest BCUT2D eigenvalue weighted by atomic mass is 10.1. The number of nitrogens with zero attached hydrogens (tertiary/aromatic N) is 1. The lowest BCUT2D eigenvalue weighted by Gasteiger charge is -2.12. The maximum Gasteiger partial charge on any atom is 0.251 e. The van der Waals surface area contributed by atoms with Crippen LogP contribution >= 0.6 is 11.8 Å². The minimum Gasteiger partial charge on any atom is -0.349 e. The number of benzene rings is 1. The molecule has 1 atom stereocenters. The molecule has 1 amide bonds. The van der Waals surface area contributed by atoms with E-state index in [1.807, 2.05) is 19.2 Å². The number of thioether (sulfide) groups is 1. The summed E-state index contributed by atoms with van der Waals surface area (Å²) in [5, 5.41) is 11.5. The monoisotopic (exact) mass is 234 g/mol. The first-order valence-electron chi connectivity index (χ1n) is 4.97. The minimum absolute atomic E-state index is 0.0916. The van der Waals surface area contributed by atoms with Gasteiger partial charge in [-0.2, -0.15) is 17.0 Å². The van der Waals surface area contributed by atoms with Crippen LogP contribution in [0.2, 0.25) is 0 Å². The van der Waals surface area contributed by atoms with Crippen LogP contribution in [0, 0.1) is 11.3 Å². The predicted octanol–water partition coefficient (Wildman–Crippen LogP) is 2.04. The zero-order valence-electron chi connectivity index (χ0n) is 9.36. The highest BCUT2D eigenvalue weighted by molar-refractivity contribution is 7.98. The van der Waals surface area contributed by atoms with Crippen LogP contribution in [-0.4, -0.2) is 24.0 Å². The number of carbonyl (C=O) groups is 1. The van der Waals surface area contributed by atoms with Gasteiger partial charge >= 0.3 is 0 Å². The van der Waals surface area contributed by atoms with Gasteiger partial charge in [0.1, 0.15) is 0 Å². The second-order valence-corrected chi connectivity index (χ2v) is 4.43. The van der Waals surface area contributed by atoms with Crippen LogP contribution in [-0.2, 0) is 0 Å². The van der Waals surface area contributed by atoms with Crippen molar-refractivity contribution in [2.75, 3.05) is 12.0 Å². The van der Waals surface area contributed by atoms with E-state index in [2.05, 4.69) is 5.32 Å². The molecule has 84 valence electrons. The van der Waals surface area contributed by atoms with Gasteiger partial charge in [-0.1, -0.05) is 0 Å². The molecule has 0 spiro atoms. The zero-order chi connectivity index (χ0) is 12.0. The van der Waals surface area contributed by atoms with Crippen LogP contribution < -0.4 is 5.32 Å². The summed E-state index contributed by atoms with van der Waals surface area (Å²) < 4.78 is 0. The van der Waals surface area contributed by atoms with Crippen molar-refractivity contribution in [2.45, 2.75) is 13.0 Å². The van der Waals surface area contributed by atoms with E-state index >= 15 is 0 Å². The Morgan fingerprint density at radius 1 is 1.50 bits per heavy atom. The van der Waals surface area contributed by atoms with Crippen molar-refractivity contribution in [3.63, 3.8) is 0 Å². The second kappa shape index (κ2) is 6.19. The molecule has 0 heterocycles. The zero-order valence-corrected chi connectivity index (χ0v) is 10.2. The molecular weight excluding hydrogens is 220 g/mol. The highest BCUT2D eigenvalue weighted by Crippen LogP contribution is 2.04. The molecule has 1 N–H and O–H groups in total. The van der Waals surface area contributed by atoms with Gasteiger partial charge in [0.2, 0.25) is 0 Å². The van der Waals surface area contributed by atoms with Crippen LogP contribution in [0.25, 0.3) is 0 Å². The molecule has 1 unspecified atom stereocenters. The first-order valence-corrected chi connectivity index (χ1v) is 6.36. The number of carbonyl (C=O) groups excluding carboxylic acids is 1. The van der Waals surface area contributed by atoms with E-state index in [1.165, 1.54) is 0 Å². The number of rotatable bonds is 4. The Morgan fingerprint density at radius 2 is 2.12 bits per heavy atom. The van der Waals surface area contributed by atoms with E-state index in [0.717, 1.165) is 5.75 Å². The standard InChI is InChI=1S/C12H14N2OS/c1-9(8-16-2)14-12(15)11-5-3-10(7-13)4-6-11/h3-6,9H,8H2,1-2H3,(H,14,15). The summed E-state index contributed by atoms with van der Waals surface area (Å²) in [6, 6.07) is 8.80. The summed E-state index contributed by atoms with van der Waals surface area (Å²) >= 11 is 1.70. The average molecular weight is 234 g/mol. The van der Waals surface area contributed by atoms with Gasteiger partial charge in [0.15, 0.2) is 0 Å². The number of nitriles is 1. The maximum atomic E-state index is 11.7. The van der Waals surface area contributed by atoms with Crippen LogP contribution in [0.1, 0.15) is 22.8 Å². The molecule has 4 heteroatoms. The molecule has 1 aromatic carbocycles. The average Bonchev–Trinajstić information content (AvgIpc) is 2.29. The molecule has 3 nitrogen and oxygen atoms in total. The van der Waals surface area contributed by atoms with Crippen LogP contribution in [0.15, 0.2) is 24.3 Å². The number of amides is 1. The molecule has 0 saturated carbocycles. The molecule has 0 aliphatic carbocycles. The summed E-state index contributed by atoms with van der Waals surface area (Å²) in [6.07, 6.45) is 2.00. The molecule has 0 aliphatic rings. The van der Waals surface area contributed by atoms with Gasteiger partial charge in [-0.25, -0.2) is 0 Å². The normalized spacial score (nSPS) is 11.6. The Labute approximate surface area is 99.8 Å². The third-order valence-corrected chi connectivity index (χ3v) is 2.90. The van der Waals surface area contributed by atoms with Crippen molar-refractivity contribution in [2.24, 2.45) is 0 Å². The van der Waals surface area contributed by atoms with E-state index in [4.69, 9.17) is 5.26 Å². The largest absolute Gasteiger partial charge is 0.349 e. The summed E-state index contributed by atoms with van der Waals surface area (Å²) in [5.74, 6) is 0.799. The SMILES string of the molecule is CSCC(C)NC(=O)c1ccc(C#N)cc1. The van der Waals surface area contributed by atoms with E-state index < -0.39 is 0 Å². The minimum atomic E-state index is -0.0916. The molecule has 1 aromatic rings. The molecule has 0 aromatic heterocycles. The predicted molar refractivity (Wildman–Crippen MR) is 66.5 cm³/mol. The molecule has 0 fully saturated rings. The Morgan fingerprint density at radius 3 is 2.62 bits per heavy atom. The molecule has 0 radical (unpaired) electrons. The highest BCUT2D eigenvalue weighted by atomic mass is 32.2. The Kier molecular flexibility index (Phi) is 4.87. The van der Waals surface area contributed by atoms with Gasteiger partial charge in [0.25, 0.3) is 5.91 Å². The Hall–Kier alpha value is -1.47. The smallest absolute Gasteiger partial charge is 0.251 e. The number of nitrogens with one attached hydrogen (secondary N) is 1. The van der Waals surface area contributed by atoms with Crippen LogP contribution in [0.5, 0.6) is 0 Å². The summed E-state index contributed by atoms with van der Waals surface area (Å²) in [7, 11) is 0.